The summed E-state index contributed by atoms with van der Waals surface area (Å²) in [6, 6.07) is 2.09. The molecule has 2 aliphatic rings. The minimum absolute atomic E-state index is 0.0697. The first-order chi connectivity index (χ1) is 14.4. The maximum absolute atomic E-state index is 14.8. The first kappa shape index (κ1) is 20.4. The number of nitrogens with zero attached hydrogens (tertiary/aromatic N) is 3. The van der Waals surface area contributed by atoms with Crippen LogP contribution < -0.4 is 5.32 Å². The summed E-state index contributed by atoms with van der Waals surface area (Å²) in [5, 5.41) is 9.75. The van der Waals surface area contributed by atoms with E-state index in [0.717, 1.165) is 25.3 Å². The van der Waals surface area contributed by atoms with Crippen LogP contribution in [0.4, 0.5) is 13.2 Å². The van der Waals surface area contributed by atoms with Crippen molar-refractivity contribution in [3.05, 3.63) is 35.0 Å². The molecule has 0 unspecified atom stereocenters. The van der Waals surface area contributed by atoms with Crippen molar-refractivity contribution < 1.29 is 27.2 Å². The van der Waals surface area contributed by atoms with E-state index in [4.69, 9.17) is 4.42 Å². The average molecular weight is 422 g/mol. The van der Waals surface area contributed by atoms with Crippen LogP contribution in [-0.2, 0) is 11.3 Å². The van der Waals surface area contributed by atoms with Crippen molar-refractivity contribution in [2.24, 2.45) is 0 Å². The number of nitrogens with one attached hydrogen (secondary N) is 1. The maximum Gasteiger partial charge on any atom is 0.314 e. The van der Waals surface area contributed by atoms with Gasteiger partial charge in [0.05, 0.1) is 12.6 Å². The molecule has 0 radical (unpaired) electrons. The van der Waals surface area contributed by atoms with Gasteiger partial charge in [0.25, 0.3) is 11.8 Å². The predicted octanol–water partition coefficient (Wildman–Crippen LogP) is 3.61. The number of fused-ring (bicyclic) bond motifs is 1. The van der Waals surface area contributed by atoms with Crippen molar-refractivity contribution >= 4 is 11.8 Å². The number of hydrogen-bond acceptors (Lipinski definition) is 5. The van der Waals surface area contributed by atoms with Gasteiger partial charge in [-0.3, -0.25) is 9.59 Å². The SMILES string of the molecule is CCC(=O)N[C@@H]1CCCC[C@H]1N1Cc2c(F)cc(-c3nnc(C(F)F)o3)cc2C1=O. The second kappa shape index (κ2) is 8.08. The molecule has 160 valence electrons. The second-order valence-corrected chi connectivity index (χ2v) is 7.54. The lowest BCUT2D eigenvalue weighted by Crippen LogP contribution is -2.53. The third kappa shape index (κ3) is 3.66. The molecule has 10 heteroatoms. The first-order valence-corrected chi connectivity index (χ1v) is 9.93. The van der Waals surface area contributed by atoms with E-state index in [2.05, 4.69) is 15.5 Å². The largest absolute Gasteiger partial charge is 0.415 e. The Morgan fingerprint density at radius 2 is 2.07 bits per heavy atom. The zero-order valence-corrected chi connectivity index (χ0v) is 16.3. The molecule has 1 aliphatic heterocycles. The number of alkyl halides is 2. The van der Waals surface area contributed by atoms with Crippen molar-refractivity contribution in [2.75, 3.05) is 0 Å². The van der Waals surface area contributed by atoms with Gasteiger partial charge in [-0.25, -0.2) is 4.39 Å². The third-order valence-electron chi connectivity index (χ3n) is 5.69. The van der Waals surface area contributed by atoms with E-state index in [9.17, 15) is 22.8 Å². The van der Waals surface area contributed by atoms with Crippen LogP contribution in [0.1, 0.15) is 67.3 Å². The van der Waals surface area contributed by atoms with Crippen LogP contribution in [0.3, 0.4) is 0 Å². The summed E-state index contributed by atoms with van der Waals surface area (Å²) >= 11 is 0. The highest BCUT2D eigenvalue weighted by Crippen LogP contribution is 2.35. The van der Waals surface area contributed by atoms with Gasteiger partial charge in [-0.1, -0.05) is 19.8 Å². The molecule has 0 saturated heterocycles. The minimum Gasteiger partial charge on any atom is -0.415 e. The highest BCUT2D eigenvalue weighted by molar-refractivity contribution is 5.99. The van der Waals surface area contributed by atoms with Gasteiger partial charge in [0, 0.05) is 29.2 Å². The molecule has 2 amide bonds. The van der Waals surface area contributed by atoms with Crippen molar-refractivity contribution in [3.8, 4) is 11.5 Å². The third-order valence-corrected chi connectivity index (χ3v) is 5.69. The number of benzene rings is 1. The number of carbonyl (C=O) groups is 2. The zero-order valence-electron chi connectivity index (χ0n) is 16.3. The van der Waals surface area contributed by atoms with Gasteiger partial charge in [0.15, 0.2) is 0 Å². The van der Waals surface area contributed by atoms with E-state index in [-0.39, 0.29) is 53.0 Å². The molecular weight excluding hydrogens is 401 g/mol. The molecule has 2 aromatic rings. The molecule has 30 heavy (non-hydrogen) atoms. The molecule has 1 fully saturated rings. The van der Waals surface area contributed by atoms with Crippen LogP contribution >= 0.6 is 0 Å². The number of carbonyl (C=O) groups excluding carboxylic acids is 2. The Kier molecular flexibility index (Phi) is 5.48. The average Bonchev–Trinajstić information content (AvgIpc) is 3.34. The lowest BCUT2D eigenvalue weighted by Gasteiger charge is -2.38. The lowest BCUT2D eigenvalue weighted by molar-refractivity contribution is -0.122. The predicted molar refractivity (Wildman–Crippen MR) is 99.0 cm³/mol. The van der Waals surface area contributed by atoms with Crippen LogP contribution in [0, 0.1) is 5.82 Å². The fourth-order valence-electron chi connectivity index (χ4n) is 4.18. The number of rotatable bonds is 5. The normalized spacial score (nSPS) is 21.2. The van der Waals surface area contributed by atoms with Gasteiger partial charge in [0.1, 0.15) is 5.82 Å². The monoisotopic (exact) mass is 422 g/mol. The van der Waals surface area contributed by atoms with Crippen LogP contribution in [0.15, 0.2) is 16.5 Å². The Balaban J connectivity index is 1.62. The van der Waals surface area contributed by atoms with Gasteiger partial charge >= 0.3 is 6.43 Å². The summed E-state index contributed by atoms with van der Waals surface area (Å²) in [6.07, 6.45) is 0.731. The van der Waals surface area contributed by atoms with E-state index in [1.807, 2.05) is 0 Å². The molecule has 4 rings (SSSR count). The lowest BCUT2D eigenvalue weighted by atomic mass is 9.89. The molecule has 0 spiro atoms. The quantitative estimate of drug-likeness (QED) is 0.795. The van der Waals surface area contributed by atoms with Crippen LogP contribution in [-0.4, -0.2) is 39.0 Å². The number of hydrogen-bond donors (Lipinski definition) is 1. The van der Waals surface area contributed by atoms with Gasteiger partial charge in [-0.2, -0.15) is 8.78 Å². The zero-order chi connectivity index (χ0) is 21.4. The van der Waals surface area contributed by atoms with Gasteiger partial charge < -0.3 is 14.6 Å². The smallest absolute Gasteiger partial charge is 0.314 e. The summed E-state index contributed by atoms with van der Waals surface area (Å²) in [6.45, 7) is 1.85. The van der Waals surface area contributed by atoms with Gasteiger partial charge in [-0.15, -0.1) is 10.2 Å². The highest BCUT2D eigenvalue weighted by atomic mass is 19.3. The van der Waals surface area contributed by atoms with E-state index in [1.54, 1.807) is 11.8 Å². The Hall–Kier alpha value is -2.91. The molecule has 1 aliphatic carbocycles. The van der Waals surface area contributed by atoms with Gasteiger partial charge in [-0.05, 0) is 25.0 Å². The summed E-state index contributed by atoms with van der Waals surface area (Å²) < 4.78 is 45.1. The van der Waals surface area contributed by atoms with Crippen molar-refractivity contribution in [1.29, 1.82) is 0 Å². The minimum atomic E-state index is -2.94. The summed E-state index contributed by atoms with van der Waals surface area (Å²) in [7, 11) is 0. The first-order valence-electron chi connectivity index (χ1n) is 9.93. The summed E-state index contributed by atoms with van der Waals surface area (Å²) in [5.74, 6) is -2.22. The van der Waals surface area contributed by atoms with Crippen molar-refractivity contribution in [2.45, 2.75) is 64.1 Å². The molecule has 1 N–H and O–H groups in total. The molecule has 7 nitrogen and oxygen atoms in total. The Labute approximate surface area is 170 Å². The van der Waals surface area contributed by atoms with Crippen LogP contribution in [0.25, 0.3) is 11.5 Å². The molecule has 1 aromatic heterocycles. The standard InChI is InChI=1S/C20H21F3N4O3/c1-2-16(28)24-14-5-3-4-6-15(14)27-9-12-11(20(27)29)7-10(8-13(12)21)18-25-26-19(30-18)17(22)23/h7-8,14-15,17H,2-6,9H2,1H3,(H,24,28)/t14-,15-/m1/s1. The Morgan fingerprint density at radius 3 is 2.77 bits per heavy atom. The summed E-state index contributed by atoms with van der Waals surface area (Å²) in [5.41, 5.74) is 0.455. The maximum atomic E-state index is 14.8. The molecule has 0 bridgehead atoms. The number of halogens is 3. The van der Waals surface area contributed by atoms with E-state index in [0.29, 0.717) is 12.8 Å². The van der Waals surface area contributed by atoms with Crippen LogP contribution in [0.2, 0.25) is 0 Å². The summed E-state index contributed by atoms with van der Waals surface area (Å²) in [4.78, 5) is 26.6. The van der Waals surface area contributed by atoms with E-state index < -0.39 is 18.1 Å². The van der Waals surface area contributed by atoms with Crippen LogP contribution in [0.5, 0.6) is 0 Å². The highest BCUT2D eigenvalue weighted by Gasteiger charge is 2.40. The van der Waals surface area contributed by atoms with Crippen molar-refractivity contribution in [3.63, 3.8) is 0 Å². The van der Waals surface area contributed by atoms with E-state index >= 15 is 0 Å². The van der Waals surface area contributed by atoms with Gasteiger partial charge in [0.2, 0.25) is 11.8 Å². The fraction of sp³-hybridized carbons (Fsp3) is 0.500. The molecule has 2 atom stereocenters. The topological polar surface area (TPSA) is 88.3 Å². The molecular formula is C20H21F3N4O3. The molecule has 2 heterocycles. The second-order valence-electron chi connectivity index (χ2n) is 7.54. The Morgan fingerprint density at radius 1 is 1.30 bits per heavy atom. The number of amides is 2. The van der Waals surface area contributed by atoms with E-state index in [1.165, 1.54) is 6.07 Å². The Bertz CT molecular complexity index is 978. The molecule has 1 saturated carbocycles. The van der Waals surface area contributed by atoms with Crippen molar-refractivity contribution in [1.82, 2.24) is 20.4 Å². The fourth-order valence-corrected chi connectivity index (χ4v) is 4.18. The number of aromatic nitrogens is 2. The molecule has 1 aromatic carbocycles.